The molecule has 0 radical (unpaired) electrons. The minimum Gasteiger partial charge on any atom is -0.857 e. The number of guanidine groups is 1. The second-order valence-corrected chi connectivity index (χ2v) is 9.43. The van der Waals surface area contributed by atoms with Gasteiger partial charge in [-0.05, 0) is 36.4 Å². The van der Waals surface area contributed by atoms with Crippen molar-refractivity contribution in [2.45, 2.75) is 0 Å². The number of hydrogen-bond donors (Lipinski definition) is 0. The van der Waals surface area contributed by atoms with Crippen LogP contribution in [0.15, 0.2) is 187 Å². The van der Waals surface area contributed by atoms with Gasteiger partial charge in [0.15, 0.2) is 17.1 Å². The molecule has 0 heterocycles. The first-order chi connectivity index (χ1) is 20.9. The number of quaternary nitrogens is 1. The maximum absolute atomic E-state index is 8.25. The molecule has 0 spiro atoms. The normalized spacial score (nSPS) is 11.2. The second kappa shape index (κ2) is 13.9. The molecule has 0 bridgehead atoms. The van der Waals surface area contributed by atoms with E-state index in [-0.39, 0.29) is 4.48 Å². The summed E-state index contributed by atoms with van der Waals surface area (Å²) in [5.41, 5.74) is 6.14. The van der Waals surface area contributed by atoms with Crippen molar-refractivity contribution in [2.24, 2.45) is 4.99 Å². The van der Waals surface area contributed by atoms with E-state index in [0.29, 0.717) is 0 Å². The van der Waals surface area contributed by atoms with E-state index < -0.39 is 0 Å². The van der Waals surface area contributed by atoms with Crippen LogP contribution in [-0.4, -0.2) is 13.1 Å². The average Bonchev–Trinajstić information content (AvgIpc) is 3.09. The molecule has 0 saturated carbocycles. The van der Waals surface area contributed by atoms with Gasteiger partial charge in [0.25, 0.3) is 0 Å². The van der Waals surface area contributed by atoms with Crippen molar-refractivity contribution in [3.63, 3.8) is 0 Å². The lowest BCUT2D eigenvalue weighted by Gasteiger charge is -2.41. The van der Waals surface area contributed by atoms with Gasteiger partial charge in [-0.3, -0.25) is 0 Å². The number of benzene rings is 6. The molecule has 0 atom stereocenters. The van der Waals surface area contributed by atoms with Crippen LogP contribution < -0.4 is 14.5 Å². The minimum atomic E-state index is 0.265. The van der Waals surface area contributed by atoms with E-state index in [4.69, 9.17) is 10.1 Å². The second-order valence-electron chi connectivity index (χ2n) is 9.43. The van der Waals surface area contributed by atoms with Crippen molar-refractivity contribution in [1.82, 2.24) is 4.48 Å². The number of nitrogens with zero attached hydrogens (tertiary/aromatic N) is 3. The SMILES string of the molecule is C[O-].c1ccc(N=C(N(c2ccccc2)c2ccccc2)[N+](c2ccccc2)(c2ccccc2)c2ccccc2)cc1. The van der Waals surface area contributed by atoms with Crippen LogP contribution in [0.2, 0.25) is 0 Å². The fourth-order valence-corrected chi connectivity index (χ4v) is 5.18. The number of hydrogen-bond acceptors (Lipinski definition) is 2. The van der Waals surface area contributed by atoms with Gasteiger partial charge in [-0.1, -0.05) is 109 Å². The first kappa shape index (κ1) is 28.2. The third kappa shape index (κ3) is 5.77. The van der Waals surface area contributed by atoms with Gasteiger partial charge in [0.1, 0.15) is 0 Å². The highest BCUT2D eigenvalue weighted by molar-refractivity contribution is 6.16. The highest BCUT2D eigenvalue weighted by Gasteiger charge is 2.46. The van der Waals surface area contributed by atoms with Gasteiger partial charge in [0, 0.05) is 36.4 Å². The Hall–Kier alpha value is -5.29. The van der Waals surface area contributed by atoms with Crippen molar-refractivity contribution >= 4 is 40.1 Å². The lowest BCUT2D eigenvalue weighted by Crippen LogP contribution is -2.52. The number of anilines is 2. The Morgan fingerprint density at radius 2 is 0.714 bits per heavy atom. The lowest BCUT2D eigenvalue weighted by atomic mass is 10.1. The van der Waals surface area contributed by atoms with Crippen molar-refractivity contribution in [1.29, 1.82) is 0 Å². The van der Waals surface area contributed by atoms with E-state index in [1.165, 1.54) is 0 Å². The predicted octanol–water partition coefficient (Wildman–Crippen LogP) is 9.16. The third-order valence-corrected chi connectivity index (χ3v) is 6.94. The Kier molecular flexibility index (Phi) is 9.32. The fourth-order valence-electron chi connectivity index (χ4n) is 5.18. The first-order valence-electron chi connectivity index (χ1n) is 13.9. The maximum Gasteiger partial charge on any atom is 0.330 e. The molecule has 0 aromatic heterocycles. The molecule has 0 fully saturated rings. The van der Waals surface area contributed by atoms with Crippen LogP contribution in [0.1, 0.15) is 0 Å². The molecule has 0 saturated heterocycles. The summed E-state index contributed by atoms with van der Waals surface area (Å²) in [7, 11) is 0.750. The Bertz CT molecular complexity index is 1520. The Morgan fingerprint density at radius 1 is 0.429 bits per heavy atom. The molecular formula is C38H33N3O. The van der Waals surface area contributed by atoms with E-state index in [2.05, 4.69) is 157 Å². The van der Waals surface area contributed by atoms with E-state index in [1.54, 1.807) is 0 Å². The number of rotatable bonds is 6. The molecule has 206 valence electrons. The molecular weight excluding hydrogens is 514 g/mol. The quantitative estimate of drug-likeness (QED) is 0.118. The van der Waals surface area contributed by atoms with Crippen LogP contribution in [0.25, 0.3) is 0 Å². The summed E-state index contributed by atoms with van der Waals surface area (Å²) < 4.78 is 0.265. The zero-order chi connectivity index (χ0) is 29.0. The highest BCUT2D eigenvalue weighted by atomic mass is 16.2. The summed E-state index contributed by atoms with van der Waals surface area (Å²) in [4.78, 5) is 7.81. The van der Waals surface area contributed by atoms with Crippen LogP contribution in [0.3, 0.4) is 0 Å². The zero-order valence-corrected chi connectivity index (χ0v) is 23.6. The highest BCUT2D eigenvalue weighted by Crippen LogP contribution is 2.47. The van der Waals surface area contributed by atoms with Gasteiger partial charge in [-0.2, -0.15) is 16.6 Å². The molecule has 0 aliphatic rings. The summed E-state index contributed by atoms with van der Waals surface area (Å²) in [5, 5.41) is 8.25. The van der Waals surface area contributed by atoms with Crippen molar-refractivity contribution < 1.29 is 5.11 Å². The summed E-state index contributed by atoms with van der Waals surface area (Å²) >= 11 is 0. The van der Waals surface area contributed by atoms with E-state index in [0.717, 1.165) is 47.2 Å². The largest absolute Gasteiger partial charge is 0.857 e. The average molecular weight is 548 g/mol. The van der Waals surface area contributed by atoms with Gasteiger partial charge >= 0.3 is 5.96 Å². The van der Waals surface area contributed by atoms with Crippen LogP contribution >= 0.6 is 0 Å². The van der Waals surface area contributed by atoms with Crippen molar-refractivity contribution in [3.8, 4) is 0 Å². The molecule has 0 aliphatic carbocycles. The number of aliphatic imine (C=N–C) groups is 1. The van der Waals surface area contributed by atoms with Crippen LogP contribution in [-0.2, 0) is 0 Å². The lowest BCUT2D eigenvalue weighted by molar-refractivity contribution is -0.325. The van der Waals surface area contributed by atoms with Crippen molar-refractivity contribution in [3.05, 3.63) is 182 Å². The molecule has 0 N–H and O–H groups in total. The van der Waals surface area contributed by atoms with Crippen LogP contribution in [0.4, 0.5) is 34.1 Å². The van der Waals surface area contributed by atoms with Gasteiger partial charge in [0.05, 0.1) is 17.1 Å². The topological polar surface area (TPSA) is 38.7 Å². The summed E-state index contributed by atoms with van der Waals surface area (Å²) in [6, 6.07) is 63.1. The standard InChI is InChI=1S/C37H30N3.CH3O/c1-7-19-31(20-8-1)38-37(39(32-21-9-2-10-22-32)33-23-11-3-12-24-33)40(34-25-13-4-14-26-34,35-27-15-5-16-28-35)36-29-17-6-18-30-36;1-2/h1-30H;1H3/q+1;-1. The van der Waals surface area contributed by atoms with Gasteiger partial charge < -0.3 is 5.11 Å². The Labute approximate surface area is 248 Å². The summed E-state index contributed by atoms with van der Waals surface area (Å²) in [6.07, 6.45) is 0. The monoisotopic (exact) mass is 547 g/mol. The fraction of sp³-hybridized carbons (Fsp3) is 0.0263. The van der Waals surface area contributed by atoms with E-state index in [1.807, 2.05) is 30.3 Å². The zero-order valence-electron chi connectivity index (χ0n) is 23.6. The molecule has 4 heteroatoms. The smallest absolute Gasteiger partial charge is 0.330 e. The Balaban J connectivity index is 0.00000173. The summed E-state index contributed by atoms with van der Waals surface area (Å²) in [6.45, 7) is 0. The predicted molar refractivity (Wildman–Crippen MR) is 175 cm³/mol. The van der Waals surface area contributed by atoms with Crippen molar-refractivity contribution in [2.75, 3.05) is 12.0 Å². The van der Waals surface area contributed by atoms with Gasteiger partial charge in [0.2, 0.25) is 0 Å². The Morgan fingerprint density at radius 3 is 1.05 bits per heavy atom. The molecule has 0 aliphatic heterocycles. The van der Waals surface area contributed by atoms with Crippen LogP contribution in [0.5, 0.6) is 0 Å². The first-order valence-corrected chi connectivity index (χ1v) is 13.9. The van der Waals surface area contributed by atoms with Gasteiger partial charge in [-0.15, -0.1) is 0 Å². The molecule has 0 amide bonds. The minimum absolute atomic E-state index is 0.265. The maximum atomic E-state index is 8.25. The van der Waals surface area contributed by atoms with Gasteiger partial charge in [-0.25, -0.2) is 4.90 Å². The molecule has 4 nitrogen and oxygen atoms in total. The third-order valence-electron chi connectivity index (χ3n) is 6.94. The molecule has 0 unspecified atom stereocenters. The molecule has 42 heavy (non-hydrogen) atoms. The summed E-state index contributed by atoms with van der Waals surface area (Å²) in [5.74, 6) is 0.826. The van der Waals surface area contributed by atoms with Crippen LogP contribution in [0, 0.1) is 0 Å². The molecule has 6 aromatic carbocycles. The molecule has 6 aromatic rings. The van der Waals surface area contributed by atoms with E-state index >= 15 is 0 Å². The number of para-hydroxylation sites is 6. The van der Waals surface area contributed by atoms with E-state index in [9.17, 15) is 0 Å². The molecule has 6 rings (SSSR count).